The molecule has 0 aliphatic carbocycles. The van der Waals surface area contributed by atoms with Crippen molar-refractivity contribution in [1.29, 1.82) is 0 Å². The number of fused-ring (bicyclic) bond motifs is 1. The number of nitrogens with zero attached hydrogens (tertiary/aromatic N) is 4. The van der Waals surface area contributed by atoms with Gasteiger partial charge < -0.3 is 14.4 Å². The van der Waals surface area contributed by atoms with E-state index >= 15 is 0 Å². The molecule has 0 fully saturated rings. The van der Waals surface area contributed by atoms with E-state index < -0.39 is 33.3 Å². The lowest BCUT2D eigenvalue weighted by atomic mass is 10.0. The largest absolute Gasteiger partial charge is 0.506 e. The molecule has 196 valence electrons. The van der Waals surface area contributed by atoms with Crippen molar-refractivity contribution < 1.29 is 36.2 Å². The summed E-state index contributed by atoms with van der Waals surface area (Å²) >= 11 is 3.29. The Hall–Kier alpha value is -3.39. The third kappa shape index (κ3) is 5.07. The number of carbonyl (C=O) groups excluding carboxylic acids is 1. The molecular formula is C23H20BrF3N4O5S. The molecule has 0 aliphatic rings. The van der Waals surface area contributed by atoms with Crippen molar-refractivity contribution in [2.75, 3.05) is 6.61 Å². The van der Waals surface area contributed by atoms with Gasteiger partial charge in [-0.25, -0.2) is 22.9 Å². The summed E-state index contributed by atoms with van der Waals surface area (Å²) in [7, 11) is -2.65. The van der Waals surface area contributed by atoms with Crippen LogP contribution in [0.4, 0.5) is 13.2 Å². The van der Waals surface area contributed by atoms with E-state index in [9.17, 15) is 31.5 Å². The maximum Gasteiger partial charge on any atom is 0.416 e. The Bertz CT molecular complexity index is 1580. The van der Waals surface area contributed by atoms with Gasteiger partial charge in [0.05, 0.1) is 44.9 Å². The molecule has 2 aromatic carbocycles. The summed E-state index contributed by atoms with van der Waals surface area (Å²) in [6, 6.07) is 4.66. The third-order valence-electron chi connectivity index (χ3n) is 5.77. The first-order valence-electron chi connectivity index (χ1n) is 10.8. The molecule has 37 heavy (non-hydrogen) atoms. The van der Waals surface area contributed by atoms with Gasteiger partial charge in [-0.15, -0.1) is 0 Å². The number of ether oxygens (including phenoxy) is 1. The SMILES string of the molecule is CCOC(=O)c1c(CS(=O)(=O)c2ccc(C(F)(F)F)cc2)n(C)c2cc(Br)c(O)c(Cn3cncn3)c12. The molecule has 0 aliphatic heterocycles. The highest BCUT2D eigenvalue weighted by Gasteiger charge is 2.32. The van der Waals surface area contributed by atoms with Crippen molar-refractivity contribution in [3.05, 3.63) is 69.8 Å². The van der Waals surface area contributed by atoms with E-state index in [-0.39, 0.29) is 46.0 Å². The smallest absolute Gasteiger partial charge is 0.416 e. The van der Waals surface area contributed by atoms with E-state index in [0.29, 0.717) is 22.1 Å². The minimum atomic E-state index is -4.62. The van der Waals surface area contributed by atoms with Gasteiger partial charge in [0.1, 0.15) is 18.4 Å². The fourth-order valence-corrected chi connectivity index (χ4v) is 5.89. The lowest BCUT2D eigenvalue weighted by Gasteiger charge is -2.11. The summed E-state index contributed by atoms with van der Waals surface area (Å²) in [5, 5.41) is 15.1. The van der Waals surface area contributed by atoms with Gasteiger partial charge >= 0.3 is 12.1 Å². The van der Waals surface area contributed by atoms with Crippen LogP contribution in [0.1, 0.15) is 34.1 Å². The highest BCUT2D eigenvalue weighted by atomic mass is 79.9. The Morgan fingerprint density at radius 3 is 2.46 bits per heavy atom. The molecule has 2 heterocycles. The molecule has 0 unspecified atom stereocenters. The quantitative estimate of drug-likeness (QED) is 0.311. The van der Waals surface area contributed by atoms with Gasteiger partial charge in [0, 0.05) is 23.7 Å². The normalized spacial score (nSPS) is 12.3. The molecular weight excluding hydrogens is 581 g/mol. The van der Waals surface area contributed by atoms with Gasteiger partial charge in [-0.3, -0.25) is 0 Å². The molecule has 9 nitrogen and oxygen atoms in total. The number of alkyl halides is 3. The topological polar surface area (TPSA) is 116 Å². The van der Waals surface area contributed by atoms with Crippen LogP contribution in [-0.2, 0) is 40.1 Å². The maximum atomic E-state index is 13.3. The second-order valence-corrected chi connectivity index (χ2v) is 10.9. The predicted octanol–water partition coefficient (Wildman–Crippen LogP) is 4.46. The predicted molar refractivity (Wildman–Crippen MR) is 130 cm³/mol. The second kappa shape index (κ2) is 9.82. The molecule has 0 saturated heterocycles. The number of benzene rings is 2. The Labute approximate surface area is 217 Å². The number of phenols is 1. The number of hydrogen-bond donors (Lipinski definition) is 1. The fraction of sp³-hybridized carbons (Fsp3) is 0.261. The van der Waals surface area contributed by atoms with Crippen molar-refractivity contribution in [3.63, 3.8) is 0 Å². The minimum absolute atomic E-state index is 0.00123. The summed E-state index contributed by atoms with van der Waals surface area (Å²) in [4.78, 5) is 16.7. The summed E-state index contributed by atoms with van der Waals surface area (Å²) < 4.78 is 73.8. The number of aryl methyl sites for hydroxylation is 1. The van der Waals surface area contributed by atoms with E-state index in [2.05, 4.69) is 26.0 Å². The number of phenolic OH excluding ortho intramolecular Hbond substituents is 1. The zero-order chi connectivity index (χ0) is 27.1. The van der Waals surface area contributed by atoms with E-state index in [4.69, 9.17) is 4.74 Å². The van der Waals surface area contributed by atoms with Crippen LogP contribution in [0.3, 0.4) is 0 Å². The summed E-state index contributed by atoms with van der Waals surface area (Å²) in [6.07, 6.45) is -1.91. The number of esters is 1. The number of rotatable bonds is 7. The maximum absolute atomic E-state index is 13.3. The number of aromatic nitrogens is 4. The van der Waals surface area contributed by atoms with E-state index in [1.165, 1.54) is 28.0 Å². The first-order chi connectivity index (χ1) is 17.3. The molecule has 14 heteroatoms. The first-order valence-corrected chi connectivity index (χ1v) is 13.2. The average Bonchev–Trinajstić information content (AvgIpc) is 3.43. The van der Waals surface area contributed by atoms with Crippen LogP contribution >= 0.6 is 15.9 Å². The van der Waals surface area contributed by atoms with Crippen LogP contribution in [0, 0.1) is 0 Å². The van der Waals surface area contributed by atoms with Crippen LogP contribution in [0.25, 0.3) is 10.9 Å². The van der Waals surface area contributed by atoms with Crippen molar-refractivity contribution in [1.82, 2.24) is 19.3 Å². The highest BCUT2D eigenvalue weighted by Crippen LogP contribution is 2.40. The standard InChI is InChI=1S/C23H20BrF3N4O5S/c1-3-36-22(33)20-18(10-37(34,35)14-6-4-13(5-7-14)23(25,26)27)30(2)17-8-16(24)21(32)15(19(17)20)9-31-12-28-11-29-31/h4-8,11-12,32H,3,9-10H2,1-2H3. The Morgan fingerprint density at radius 1 is 1.22 bits per heavy atom. The van der Waals surface area contributed by atoms with Crippen molar-refractivity contribution in [2.24, 2.45) is 7.05 Å². The molecule has 1 N–H and O–H groups in total. The summed E-state index contributed by atoms with van der Waals surface area (Å²) in [5.41, 5.74) is -0.327. The molecule has 4 rings (SSSR count). The van der Waals surface area contributed by atoms with Crippen LogP contribution in [0.15, 0.2) is 52.4 Å². The van der Waals surface area contributed by atoms with E-state index in [1.807, 2.05) is 0 Å². The molecule has 0 atom stereocenters. The number of hydrogen-bond acceptors (Lipinski definition) is 7. The average molecular weight is 601 g/mol. The Morgan fingerprint density at radius 2 is 1.89 bits per heavy atom. The van der Waals surface area contributed by atoms with E-state index in [0.717, 1.165) is 12.1 Å². The van der Waals surface area contributed by atoms with Crippen LogP contribution in [-0.4, -0.2) is 45.4 Å². The molecule has 2 aromatic heterocycles. The fourth-order valence-electron chi connectivity index (χ4n) is 4.02. The number of halogens is 4. The van der Waals surface area contributed by atoms with Gasteiger partial charge in [-0.1, -0.05) is 0 Å². The van der Waals surface area contributed by atoms with Crippen LogP contribution in [0.5, 0.6) is 5.75 Å². The van der Waals surface area contributed by atoms with Gasteiger partial charge in [0.15, 0.2) is 9.84 Å². The highest BCUT2D eigenvalue weighted by molar-refractivity contribution is 9.10. The molecule has 0 radical (unpaired) electrons. The van der Waals surface area contributed by atoms with Crippen molar-refractivity contribution in [2.45, 2.75) is 30.3 Å². The summed E-state index contributed by atoms with van der Waals surface area (Å²) in [6.45, 7) is 1.59. The lowest BCUT2D eigenvalue weighted by Crippen LogP contribution is -2.14. The number of aromatic hydroxyl groups is 1. The van der Waals surface area contributed by atoms with Crippen LogP contribution < -0.4 is 0 Å². The zero-order valence-electron chi connectivity index (χ0n) is 19.5. The Kier molecular flexibility index (Phi) is 7.08. The third-order valence-corrected chi connectivity index (χ3v) is 8.02. The van der Waals surface area contributed by atoms with Crippen molar-refractivity contribution >= 4 is 42.6 Å². The molecule has 4 aromatic rings. The minimum Gasteiger partial charge on any atom is -0.506 e. The van der Waals surface area contributed by atoms with Gasteiger partial charge in [-0.2, -0.15) is 18.3 Å². The second-order valence-electron chi connectivity index (χ2n) is 8.06. The zero-order valence-corrected chi connectivity index (χ0v) is 21.9. The first kappa shape index (κ1) is 26.7. The van der Waals surface area contributed by atoms with E-state index in [1.54, 1.807) is 14.0 Å². The monoisotopic (exact) mass is 600 g/mol. The number of carbonyl (C=O) groups is 1. The molecule has 0 spiro atoms. The molecule has 0 saturated carbocycles. The Balaban J connectivity index is 1.92. The van der Waals surface area contributed by atoms with Gasteiger partial charge in [-0.05, 0) is 53.2 Å². The van der Waals surface area contributed by atoms with Crippen LogP contribution in [0.2, 0.25) is 0 Å². The lowest BCUT2D eigenvalue weighted by molar-refractivity contribution is -0.137. The van der Waals surface area contributed by atoms with Gasteiger partial charge in [0.2, 0.25) is 0 Å². The summed E-state index contributed by atoms with van der Waals surface area (Å²) in [5.74, 6) is -1.71. The van der Waals surface area contributed by atoms with Gasteiger partial charge in [0.25, 0.3) is 0 Å². The molecule has 0 bridgehead atoms. The number of sulfone groups is 1. The van der Waals surface area contributed by atoms with Crippen molar-refractivity contribution in [3.8, 4) is 5.75 Å². The molecule has 0 amide bonds.